The van der Waals surface area contributed by atoms with Crippen molar-refractivity contribution in [2.24, 2.45) is 0 Å². The van der Waals surface area contributed by atoms with Gasteiger partial charge in [-0.25, -0.2) is 8.42 Å². The third-order valence-electron chi connectivity index (χ3n) is 5.37. The summed E-state index contributed by atoms with van der Waals surface area (Å²) in [4.78, 5) is 27.2. The number of nitrogens with zero attached hydrogens (tertiary/aromatic N) is 2. The minimum atomic E-state index is -4.76. The van der Waals surface area contributed by atoms with Crippen molar-refractivity contribution >= 4 is 39.1 Å². The molecule has 0 aliphatic rings. The zero-order valence-electron chi connectivity index (χ0n) is 20.1. The highest BCUT2D eigenvalue weighted by molar-refractivity contribution is 7.92. The maximum atomic E-state index is 13.5. The van der Waals surface area contributed by atoms with Gasteiger partial charge in [0.2, 0.25) is 21.8 Å². The fraction of sp³-hybridized carbons (Fsp3) is 0.391. The number of alkyl halides is 3. The van der Waals surface area contributed by atoms with Crippen LogP contribution in [0.3, 0.4) is 0 Å². The Labute approximate surface area is 213 Å². The number of halogens is 4. The first-order valence-electron chi connectivity index (χ1n) is 10.7. The Balaban J connectivity index is 2.52. The molecule has 2 aromatic rings. The van der Waals surface area contributed by atoms with Gasteiger partial charge in [0.15, 0.2) is 0 Å². The average Bonchev–Trinajstić information content (AvgIpc) is 2.81. The van der Waals surface area contributed by atoms with Crippen molar-refractivity contribution in [3.8, 4) is 5.75 Å². The normalized spacial score (nSPS) is 12.6. The maximum absolute atomic E-state index is 13.5. The summed E-state index contributed by atoms with van der Waals surface area (Å²) in [5, 5.41) is 2.18. The van der Waals surface area contributed by atoms with Gasteiger partial charge in [0.25, 0.3) is 0 Å². The Morgan fingerprint density at radius 1 is 1.14 bits per heavy atom. The van der Waals surface area contributed by atoms with Crippen molar-refractivity contribution in [1.29, 1.82) is 0 Å². The van der Waals surface area contributed by atoms with E-state index in [0.717, 1.165) is 12.3 Å². The van der Waals surface area contributed by atoms with Crippen molar-refractivity contribution in [2.45, 2.75) is 32.1 Å². The molecule has 2 amide bonds. The second kappa shape index (κ2) is 11.8. The van der Waals surface area contributed by atoms with E-state index in [9.17, 15) is 31.2 Å². The lowest BCUT2D eigenvalue weighted by Gasteiger charge is -2.33. The number of nitrogens with one attached hydrogen (secondary N) is 1. The van der Waals surface area contributed by atoms with Gasteiger partial charge >= 0.3 is 6.18 Å². The van der Waals surface area contributed by atoms with E-state index >= 15 is 0 Å². The zero-order valence-corrected chi connectivity index (χ0v) is 21.7. The molecule has 13 heteroatoms. The number of sulfonamides is 1. The quantitative estimate of drug-likeness (QED) is 0.488. The van der Waals surface area contributed by atoms with Crippen molar-refractivity contribution in [3.05, 3.63) is 58.6 Å². The fourth-order valence-corrected chi connectivity index (χ4v) is 4.61. The SMILES string of the molecule is CC[C@H](C(=O)NC)N(Cc1ccc(OC)cc1)C(=O)CN(c1cc(C(F)(F)F)ccc1Cl)S(C)(=O)=O. The van der Waals surface area contributed by atoms with Gasteiger partial charge in [-0.3, -0.25) is 13.9 Å². The molecule has 198 valence electrons. The van der Waals surface area contributed by atoms with Gasteiger partial charge in [-0.2, -0.15) is 13.2 Å². The molecule has 0 bridgehead atoms. The summed E-state index contributed by atoms with van der Waals surface area (Å²) >= 11 is 6.06. The van der Waals surface area contributed by atoms with E-state index in [2.05, 4.69) is 5.32 Å². The number of carbonyl (C=O) groups is 2. The number of rotatable bonds is 10. The highest BCUT2D eigenvalue weighted by Gasteiger charge is 2.35. The van der Waals surface area contributed by atoms with E-state index in [4.69, 9.17) is 16.3 Å². The molecule has 36 heavy (non-hydrogen) atoms. The summed E-state index contributed by atoms with van der Waals surface area (Å²) in [6, 6.07) is 7.89. The molecular weight excluding hydrogens is 523 g/mol. The topological polar surface area (TPSA) is 96.0 Å². The van der Waals surface area contributed by atoms with Gasteiger partial charge in [-0.05, 0) is 42.3 Å². The first-order chi connectivity index (χ1) is 16.7. The number of ether oxygens (including phenoxy) is 1. The molecule has 1 atom stereocenters. The summed E-state index contributed by atoms with van der Waals surface area (Å²) in [6.45, 7) is 0.735. The highest BCUT2D eigenvalue weighted by Crippen LogP contribution is 2.36. The van der Waals surface area contributed by atoms with Crippen LogP contribution in [0, 0.1) is 0 Å². The van der Waals surface area contributed by atoms with E-state index in [0.29, 0.717) is 27.8 Å². The molecule has 0 heterocycles. The summed E-state index contributed by atoms with van der Waals surface area (Å²) in [5.41, 5.74) is -1.01. The van der Waals surface area contributed by atoms with Crippen LogP contribution >= 0.6 is 11.6 Å². The summed E-state index contributed by atoms with van der Waals surface area (Å²) in [5.74, 6) is -0.722. The Morgan fingerprint density at radius 3 is 2.22 bits per heavy atom. The van der Waals surface area contributed by atoms with E-state index in [1.165, 1.54) is 19.1 Å². The monoisotopic (exact) mass is 549 g/mol. The summed E-state index contributed by atoms with van der Waals surface area (Å²) in [6.07, 6.45) is -3.81. The predicted octanol–water partition coefficient (Wildman–Crippen LogP) is 3.69. The Bertz CT molecular complexity index is 1190. The highest BCUT2D eigenvalue weighted by atomic mass is 35.5. The molecule has 0 aromatic heterocycles. The molecule has 0 aliphatic carbocycles. The predicted molar refractivity (Wildman–Crippen MR) is 130 cm³/mol. The lowest BCUT2D eigenvalue weighted by Crippen LogP contribution is -2.51. The lowest BCUT2D eigenvalue weighted by molar-refractivity contribution is -0.140. The molecular formula is C23H27ClF3N3O5S. The molecule has 0 unspecified atom stereocenters. The Kier molecular flexibility index (Phi) is 9.61. The van der Waals surface area contributed by atoms with Crippen LogP contribution in [-0.4, -0.2) is 58.1 Å². The molecule has 2 rings (SSSR count). The second-order valence-corrected chi connectivity index (χ2v) is 10.2. The van der Waals surface area contributed by atoms with Gasteiger partial charge in [-0.15, -0.1) is 0 Å². The van der Waals surface area contributed by atoms with Crippen LogP contribution in [0.15, 0.2) is 42.5 Å². The minimum absolute atomic E-state index is 0.0668. The standard InChI is InChI=1S/C23H27ClF3N3O5S/c1-5-19(22(32)28-2)29(13-15-6-9-17(35-3)10-7-15)21(31)14-30(36(4,33)34)20-12-16(23(25,26)27)8-11-18(20)24/h6-12,19H,5,13-14H2,1-4H3,(H,28,32)/t19-/m1/s1. The molecule has 0 radical (unpaired) electrons. The molecule has 0 saturated carbocycles. The molecule has 0 aliphatic heterocycles. The van der Waals surface area contributed by atoms with Crippen molar-refractivity contribution in [1.82, 2.24) is 10.2 Å². The number of methoxy groups -OCH3 is 1. The zero-order chi connectivity index (χ0) is 27.3. The van der Waals surface area contributed by atoms with E-state index < -0.39 is 51.9 Å². The van der Waals surface area contributed by atoms with Crippen molar-refractivity contribution in [3.63, 3.8) is 0 Å². The number of anilines is 1. The van der Waals surface area contributed by atoms with Crippen LogP contribution in [-0.2, 0) is 32.3 Å². The molecule has 2 aromatic carbocycles. The van der Waals surface area contributed by atoms with Gasteiger partial charge < -0.3 is 15.0 Å². The van der Waals surface area contributed by atoms with Gasteiger partial charge in [0, 0.05) is 13.6 Å². The maximum Gasteiger partial charge on any atom is 0.416 e. The summed E-state index contributed by atoms with van der Waals surface area (Å²) < 4.78 is 70.7. The van der Waals surface area contributed by atoms with E-state index in [1.807, 2.05) is 0 Å². The van der Waals surface area contributed by atoms with Crippen LogP contribution in [0.5, 0.6) is 5.75 Å². The number of carbonyl (C=O) groups excluding carboxylic acids is 2. The van der Waals surface area contributed by atoms with Crippen LogP contribution < -0.4 is 14.4 Å². The number of benzene rings is 2. The second-order valence-electron chi connectivity index (χ2n) is 7.84. The summed E-state index contributed by atoms with van der Waals surface area (Å²) in [7, 11) is -1.37. The van der Waals surface area contributed by atoms with Gasteiger partial charge in [-0.1, -0.05) is 30.7 Å². The van der Waals surface area contributed by atoms with Crippen LogP contribution in [0.2, 0.25) is 5.02 Å². The first-order valence-corrected chi connectivity index (χ1v) is 12.9. The first kappa shape index (κ1) is 29.2. The third-order valence-corrected chi connectivity index (χ3v) is 6.81. The molecule has 0 spiro atoms. The van der Waals surface area contributed by atoms with Crippen molar-refractivity contribution < 1.29 is 35.9 Å². The van der Waals surface area contributed by atoms with Crippen LogP contribution in [0.1, 0.15) is 24.5 Å². The molecule has 0 fully saturated rings. The number of hydrogen-bond acceptors (Lipinski definition) is 5. The van der Waals surface area contributed by atoms with Crippen molar-refractivity contribution in [2.75, 3.05) is 31.3 Å². The smallest absolute Gasteiger partial charge is 0.416 e. The third kappa shape index (κ3) is 7.26. The largest absolute Gasteiger partial charge is 0.497 e. The Morgan fingerprint density at radius 2 is 1.75 bits per heavy atom. The molecule has 1 N–H and O–H groups in total. The molecule has 0 saturated heterocycles. The fourth-order valence-electron chi connectivity index (χ4n) is 3.49. The van der Waals surface area contributed by atoms with E-state index in [1.54, 1.807) is 31.2 Å². The molecule has 8 nitrogen and oxygen atoms in total. The van der Waals surface area contributed by atoms with Gasteiger partial charge in [0.05, 0.1) is 29.6 Å². The lowest BCUT2D eigenvalue weighted by atomic mass is 10.1. The number of hydrogen-bond donors (Lipinski definition) is 1. The van der Waals surface area contributed by atoms with Gasteiger partial charge in [0.1, 0.15) is 18.3 Å². The van der Waals surface area contributed by atoms with Crippen LogP contribution in [0.25, 0.3) is 0 Å². The Hall–Kier alpha value is -2.99. The van der Waals surface area contributed by atoms with E-state index in [-0.39, 0.29) is 18.0 Å². The average molecular weight is 550 g/mol. The van der Waals surface area contributed by atoms with Crippen LogP contribution in [0.4, 0.5) is 18.9 Å². The number of likely N-dealkylation sites (N-methyl/N-ethyl adjacent to an activating group) is 1. The minimum Gasteiger partial charge on any atom is -0.497 e. The number of amides is 2.